The first-order chi connectivity index (χ1) is 7.50. The molecule has 16 heavy (non-hydrogen) atoms. The molecule has 3 nitrogen and oxygen atoms in total. The van der Waals surface area contributed by atoms with E-state index in [9.17, 15) is 19.4 Å². The van der Waals surface area contributed by atoms with Crippen LogP contribution in [0.15, 0.2) is 24.3 Å². The molecule has 0 spiro atoms. The molecule has 0 aromatic heterocycles. The van der Waals surface area contributed by atoms with Gasteiger partial charge in [0.15, 0.2) is 5.12 Å². The van der Waals surface area contributed by atoms with Crippen molar-refractivity contribution in [2.24, 2.45) is 0 Å². The van der Waals surface area contributed by atoms with E-state index in [-0.39, 0.29) is 10.9 Å². The number of carbonyl (C=O) groups excluding carboxylic acids is 1. The molecule has 0 aliphatic carbocycles. The first-order valence-electron chi connectivity index (χ1n) is 4.75. The molecule has 0 saturated heterocycles. The van der Waals surface area contributed by atoms with Crippen molar-refractivity contribution in [1.29, 1.82) is 0 Å². The fourth-order valence-electron chi connectivity index (χ4n) is 1.21. The molecule has 1 rings (SSSR count). The predicted octanol–water partition coefficient (Wildman–Crippen LogP) is 1.50. The Morgan fingerprint density at radius 3 is 2.75 bits per heavy atom. The average Bonchev–Trinajstić information content (AvgIpc) is 2.24. The lowest BCUT2D eigenvalue weighted by atomic mass is 10.1. The zero-order valence-corrected chi connectivity index (χ0v) is 9.58. The Balaban J connectivity index is 2.62. The van der Waals surface area contributed by atoms with E-state index >= 15 is 0 Å². The maximum atomic E-state index is 12.9. The largest absolute Gasteiger partial charge is 0.389 e. The van der Waals surface area contributed by atoms with Crippen molar-refractivity contribution in [2.45, 2.75) is 19.1 Å². The van der Waals surface area contributed by atoms with Gasteiger partial charge in [0.05, 0.1) is 6.10 Å². The molecule has 0 radical (unpaired) electrons. The number of benzene rings is 1. The van der Waals surface area contributed by atoms with Crippen LogP contribution in [0.2, 0.25) is 0 Å². The summed E-state index contributed by atoms with van der Waals surface area (Å²) in [5, 5.41) is 19.1. The van der Waals surface area contributed by atoms with Gasteiger partial charge in [-0.25, -0.2) is 4.39 Å². The molecule has 0 saturated carbocycles. The smallest absolute Gasteiger partial charge is 0.185 e. The van der Waals surface area contributed by atoms with E-state index in [1.165, 1.54) is 25.1 Å². The summed E-state index contributed by atoms with van der Waals surface area (Å²) in [7, 11) is 0. The van der Waals surface area contributed by atoms with Gasteiger partial charge in [-0.05, 0) is 17.7 Å². The normalized spacial score (nSPS) is 14.5. The van der Waals surface area contributed by atoms with E-state index in [0.717, 1.165) is 17.8 Å². The summed E-state index contributed by atoms with van der Waals surface area (Å²) < 4.78 is 12.9. The number of aliphatic hydroxyl groups excluding tert-OH is 2. The molecule has 0 fully saturated rings. The molecule has 0 bridgehead atoms. The maximum Gasteiger partial charge on any atom is 0.185 e. The lowest BCUT2D eigenvalue weighted by Gasteiger charge is -2.17. The molecule has 1 aromatic rings. The molecule has 5 heteroatoms. The van der Waals surface area contributed by atoms with Crippen molar-refractivity contribution in [1.82, 2.24) is 0 Å². The number of carbonyl (C=O) groups is 1. The molecular weight excluding hydrogens is 231 g/mol. The van der Waals surface area contributed by atoms with E-state index in [4.69, 9.17) is 0 Å². The molecule has 0 aliphatic rings. The van der Waals surface area contributed by atoms with Gasteiger partial charge < -0.3 is 10.2 Å². The number of aliphatic hydroxyl groups is 2. The Kier molecular flexibility index (Phi) is 4.92. The second-order valence-corrected chi connectivity index (χ2v) is 4.57. The fraction of sp³-hybridized carbons (Fsp3) is 0.364. The maximum absolute atomic E-state index is 12.9. The zero-order chi connectivity index (χ0) is 12.1. The summed E-state index contributed by atoms with van der Waals surface area (Å²) in [5.41, 5.74) is 0.302. The summed E-state index contributed by atoms with van der Waals surface area (Å²) in [6.07, 6.45) is -2.27. The van der Waals surface area contributed by atoms with Crippen molar-refractivity contribution in [3.63, 3.8) is 0 Å². The first kappa shape index (κ1) is 13.2. The van der Waals surface area contributed by atoms with Gasteiger partial charge in [-0.2, -0.15) is 0 Å². The van der Waals surface area contributed by atoms with Crippen molar-refractivity contribution < 1.29 is 19.4 Å². The summed E-state index contributed by atoms with van der Waals surface area (Å²) in [6, 6.07) is 5.40. The monoisotopic (exact) mass is 244 g/mol. The zero-order valence-electron chi connectivity index (χ0n) is 8.76. The minimum absolute atomic E-state index is 0.0903. The Morgan fingerprint density at radius 2 is 2.19 bits per heavy atom. The molecule has 0 heterocycles. The minimum Gasteiger partial charge on any atom is -0.389 e. The van der Waals surface area contributed by atoms with Crippen LogP contribution in [0.5, 0.6) is 0 Å². The van der Waals surface area contributed by atoms with Crippen molar-refractivity contribution in [3.8, 4) is 0 Å². The summed E-state index contributed by atoms with van der Waals surface area (Å²) in [6.45, 7) is 1.38. The van der Waals surface area contributed by atoms with Gasteiger partial charge in [-0.1, -0.05) is 23.9 Å². The Morgan fingerprint density at radius 1 is 1.50 bits per heavy atom. The highest BCUT2D eigenvalue weighted by Gasteiger charge is 2.19. The lowest BCUT2D eigenvalue weighted by Crippen LogP contribution is -2.21. The average molecular weight is 244 g/mol. The Labute approximate surface area is 97.3 Å². The third kappa shape index (κ3) is 3.92. The van der Waals surface area contributed by atoms with Gasteiger partial charge in [0.1, 0.15) is 11.9 Å². The first-order valence-corrected chi connectivity index (χ1v) is 5.74. The lowest BCUT2D eigenvalue weighted by molar-refractivity contribution is -0.109. The second kappa shape index (κ2) is 5.98. The van der Waals surface area contributed by atoms with Gasteiger partial charge in [-0.3, -0.25) is 4.79 Å². The highest BCUT2D eigenvalue weighted by atomic mass is 32.2. The SMILES string of the molecule is CC(=O)SCC(O)C(O)c1cccc(F)c1. The Hall–Kier alpha value is -0.910. The van der Waals surface area contributed by atoms with Crippen molar-refractivity contribution in [3.05, 3.63) is 35.6 Å². The van der Waals surface area contributed by atoms with Crippen LogP contribution in [0.1, 0.15) is 18.6 Å². The third-order valence-electron chi connectivity index (χ3n) is 2.01. The van der Waals surface area contributed by atoms with Crippen LogP contribution in [-0.2, 0) is 4.79 Å². The highest BCUT2D eigenvalue weighted by molar-refractivity contribution is 8.13. The van der Waals surface area contributed by atoms with Crippen molar-refractivity contribution in [2.75, 3.05) is 5.75 Å². The van der Waals surface area contributed by atoms with Crippen LogP contribution in [0.3, 0.4) is 0 Å². The number of hydrogen-bond donors (Lipinski definition) is 2. The van der Waals surface area contributed by atoms with Gasteiger partial charge in [0.2, 0.25) is 0 Å². The van der Waals surface area contributed by atoms with Crippen LogP contribution >= 0.6 is 11.8 Å². The fourth-order valence-corrected chi connectivity index (χ4v) is 1.79. The van der Waals surface area contributed by atoms with E-state index in [1.807, 2.05) is 0 Å². The van der Waals surface area contributed by atoms with Crippen LogP contribution < -0.4 is 0 Å². The number of hydrogen-bond acceptors (Lipinski definition) is 4. The van der Waals surface area contributed by atoms with Crippen LogP contribution in [0.4, 0.5) is 4.39 Å². The summed E-state index contributed by atoms with van der Waals surface area (Å²) >= 11 is 0.924. The van der Waals surface area contributed by atoms with Crippen LogP contribution in [0, 0.1) is 5.82 Å². The molecule has 2 atom stereocenters. The van der Waals surface area contributed by atoms with Gasteiger partial charge in [-0.15, -0.1) is 0 Å². The second-order valence-electron chi connectivity index (χ2n) is 3.37. The molecule has 2 unspecified atom stereocenters. The minimum atomic E-state index is -1.18. The number of thioether (sulfide) groups is 1. The van der Waals surface area contributed by atoms with E-state index in [2.05, 4.69) is 0 Å². The highest BCUT2D eigenvalue weighted by Crippen LogP contribution is 2.20. The molecule has 88 valence electrons. The predicted molar refractivity (Wildman–Crippen MR) is 60.5 cm³/mol. The molecular formula is C11H13FO3S. The molecule has 0 aliphatic heterocycles. The number of halogens is 1. The van der Waals surface area contributed by atoms with E-state index < -0.39 is 18.0 Å². The molecule has 1 aromatic carbocycles. The third-order valence-corrected chi connectivity index (χ3v) is 2.93. The van der Waals surface area contributed by atoms with Crippen LogP contribution in [-0.4, -0.2) is 27.2 Å². The Bertz CT molecular complexity index is 370. The van der Waals surface area contributed by atoms with Crippen molar-refractivity contribution >= 4 is 16.9 Å². The van der Waals surface area contributed by atoms with E-state index in [0.29, 0.717) is 5.56 Å². The topological polar surface area (TPSA) is 57.5 Å². The van der Waals surface area contributed by atoms with Gasteiger partial charge >= 0.3 is 0 Å². The summed E-state index contributed by atoms with van der Waals surface area (Å²) in [4.78, 5) is 10.7. The van der Waals surface area contributed by atoms with Crippen LogP contribution in [0.25, 0.3) is 0 Å². The van der Waals surface area contributed by atoms with Gasteiger partial charge in [0, 0.05) is 12.7 Å². The molecule has 0 amide bonds. The standard InChI is InChI=1S/C11H13FO3S/c1-7(13)16-6-10(14)11(15)8-3-2-4-9(12)5-8/h2-5,10-11,14-15H,6H2,1H3. The van der Waals surface area contributed by atoms with E-state index in [1.54, 1.807) is 0 Å². The van der Waals surface area contributed by atoms with Gasteiger partial charge in [0.25, 0.3) is 0 Å². The quantitative estimate of drug-likeness (QED) is 0.842. The number of rotatable bonds is 4. The summed E-state index contributed by atoms with van der Waals surface area (Å²) in [5.74, 6) is -0.379. The molecule has 2 N–H and O–H groups in total.